The Hall–Kier alpha value is -2.40. The summed E-state index contributed by atoms with van der Waals surface area (Å²) in [6.45, 7) is 0.818. The first kappa shape index (κ1) is 17.4. The van der Waals surface area contributed by atoms with Gasteiger partial charge in [-0.2, -0.15) is 0 Å². The van der Waals surface area contributed by atoms with E-state index in [-0.39, 0.29) is 30.0 Å². The quantitative estimate of drug-likeness (QED) is 0.890. The molecule has 0 unspecified atom stereocenters. The highest BCUT2D eigenvalue weighted by Crippen LogP contribution is 2.26. The predicted octanol–water partition coefficient (Wildman–Crippen LogP) is 3.19. The van der Waals surface area contributed by atoms with Crippen LogP contribution in [0.3, 0.4) is 0 Å². The molecule has 2 amide bonds. The molecule has 1 fully saturated rings. The molecule has 2 aromatic rings. The van der Waals surface area contributed by atoms with Gasteiger partial charge in [-0.3, -0.25) is 9.59 Å². The lowest BCUT2D eigenvalue weighted by Gasteiger charge is -2.16. The van der Waals surface area contributed by atoms with Crippen molar-refractivity contribution in [2.75, 3.05) is 18.0 Å². The van der Waals surface area contributed by atoms with Crippen molar-refractivity contribution in [1.29, 1.82) is 0 Å². The van der Waals surface area contributed by atoms with E-state index >= 15 is 0 Å². The second-order valence-electron chi connectivity index (χ2n) is 6.05. The molecule has 6 heteroatoms. The van der Waals surface area contributed by atoms with E-state index in [1.54, 1.807) is 41.3 Å². The van der Waals surface area contributed by atoms with Crippen LogP contribution < -0.4 is 10.2 Å². The normalized spacial score (nSPS) is 17.0. The second-order valence-corrected chi connectivity index (χ2v) is 6.49. The van der Waals surface area contributed by atoms with Gasteiger partial charge in [0.1, 0.15) is 5.82 Å². The number of anilines is 1. The minimum atomic E-state index is -0.364. The Labute approximate surface area is 150 Å². The van der Waals surface area contributed by atoms with Gasteiger partial charge in [0.05, 0.1) is 5.92 Å². The number of hydrogen-bond acceptors (Lipinski definition) is 2. The number of amides is 2. The highest BCUT2D eigenvalue weighted by molar-refractivity contribution is 6.30. The molecule has 1 heterocycles. The van der Waals surface area contributed by atoms with E-state index in [1.165, 1.54) is 12.1 Å². The number of rotatable bonds is 5. The van der Waals surface area contributed by atoms with Crippen LogP contribution in [0.25, 0.3) is 0 Å². The molecule has 1 aliphatic heterocycles. The van der Waals surface area contributed by atoms with E-state index in [4.69, 9.17) is 11.6 Å². The van der Waals surface area contributed by atoms with Crippen molar-refractivity contribution in [3.8, 4) is 0 Å². The van der Waals surface area contributed by atoms with Crippen molar-refractivity contribution >= 4 is 29.1 Å². The summed E-state index contributed by atoms with van der Waals surface area (Å²) in [5, 5.41) is 3.46. The molecule has 4 nitrogen and oxygen atoms in total. The molecule has 1 N–H and O–H groups in total. The van der Waals surface area contributed by atoms with Gasteiger partial charge < -0.3 is 10.2 Å². The third kappa shape index (κ3) is 4.37. The maximum atomic E-state index is 12.9. The summed E-state index contributed by atoms with van der Waals surface area (Å²) in [6.07, 6.45) is 0.818. The number of benzene rings is 2. The van der Waals surface area contributed by atoms with Gasteiger partial charge in [0.15, 0.2) is 0 Å². The topological polar surface area (TPSA) is 49.4 Å². The average Bonchev–Trinajstić information content (AvgIpc) is 2.99. The van der Waals surface area contributed by atoms with Gasteiger partial charge >= 0.3 is 0 Å². The van der Waals surface area contributed by atoms with Gasteiger partial charge in [0.2, 0.25) is 11.8 Å². The van der Waals surface area contributed by atoms with E-state index in [2.05, 4.69) is 5.32 Å². The maximum Gasteiger partial charge on any atom is 0.227 e. The maximum absolute atomic E-state index is 12.9. The monoisotopic (exact) mass is 360 g/mol. The second kappa shape index (κ2) is 7.66. The molecular weight excluding hydrogens is 343 g/mol. The molecular formula is C19H18ClFN2O2. The summed E-state index contributed by atoms with van der Waals surface area (Å²) in [7, 11) is 0. The van der Waals surface area contributed by atoms with Crippen molar-refractivity contribution in [2.24, 2.45) is 5.92 Å². The zero-order valence-electron chi connectivity index (χ0n) is 13.5. The van der Waals surface area contributed by atoms with Crippen molar-refractivity contribution < 1.29 is 14.0 Å². The van der Waals surface area contributed by atoms with Crippen LogP contribution in [0, 0.1) is 11.7 Å². The van der Waals surface area contributed by atoms with Gasteiger partial charge in [-0.25, -0.2) is 4.39 Å². The minimum absolute atomic E-state index is 0.0685. The van der Waals surface area contributed by atoms with Gasteiger partial charge in [-0.05, 0) is 48.4 Å². The predicted molar refractivity (Wildman–Crippen MR) is 95.0 cm³/mol. The highest BCUT2D eigenvalue weighted by atomic mass is 35.5. The number of carbonyl (C=O) groups excluding carboxylic acids is 2. The molecule has 0 bridgehead atoms. The number of halogens is 2. The zero-order chi connectivity index (χ0) is 17.8. The zero-order valence-corrected chi connectivity index (χ0v) is 14.3. The molecule has 25 heavy (non-hydrogen) atoms. The molecule has 0 aliphatic carbocycles. The summed E-state index contributed by atoms with van der Waals surface area (Å²) in [5.74, 6) is -0.844. The van der Waals surface area contributed by atoms with Crippen LogP contribution in [0.5, 0.6) is 0 Å². The average molecular weight is 361 g/mol. The summed E-state index contributed by atoms with van der Waals surface area (Å²) in [4.78, 5) is 26.1. The number of carbonyl (C=O) groups is 2. The van der Waals surface area contributed by atoms with E-state index in [9.17, 15) is 14.0 Å². The van der Waals surface area contributed by atoms with E-state index < -0.39 is 0 Å². The molecule has 1 saturated heterocycles. The SMILES string of the molecule is O=C(NCCc1ccc(F)cc1)[C@H]1CC(=O)N(c2ccc(Cl)cc2)C1. The Morgan fingerprint density at radius 3 is 2.52 bits per heavy atom. The third-order valence-corrected chi connectivity index (χ3v) is 4.51. The lowest BCUT2D eigenvalue weighted by molar-refractivity contribution is -0.126. The van der Waals surface area contributed by atoms with Crippen LogP contribution in [0.2, 0.25) is 5.02 Å². The first-order valence-corrected chi connectivity index (χ1v) is 8.49. The standard InChI is InChI=1S/C19H18ClFN2O2/c20-15-3-7-17(8-4-15)23-12-14(11-18(23)24)19(25)22-10-9-13-1-5-16(21)6-2-13/h1-8,14H,9-12H2,(H,22,25)/t14-/m0/s1. The van der Waals surface area contributed by atoms with Gasteiger partial charge in [0, 0.05) is 30.2 Å². The number of hydrogen-bond donors (Lipinski definition) is 1. The van der Waals surface area contributed by atoms with Crippen molar-refractivity contribution in [3.63, 3.8) is 0 Å². The molecule has 2 aromatic carbocycles. The Morgan fingerprint density at radius 1 is 1.16 bits per heavy atom. The van der Waals surface area contributed by atoms with Crippen LogP contribution >= 0.6 is 11.6 Å². The molecule has 3 rings (SSSR count). The van der Waals surface area contributed by atoms with Gasteiger partial charge in [-0.1, -0.05) is 23.7 Å². The Kier molecular flexibility index (Phi) is 5.34. The highest BCUT2D eigenvalue weighted by Gasteiger charge is 2.34. The molecule has 130 valence electrons. The number of nitrogens with one attached hydrogen (secondary N) is 1. The molecule has 0 spiro atoms. The van der Waals surface area contributed by atoms with Crippen molar-refractivity contribution in [2.45, 2.75) is 12.8 Å². The van der Waals surface area contributed by atoms with Crippen LogP contribution in [-0.4, -0.2) is 24.9 Å². The fourth-order valence-corrected chi connectivity index (χ4v) is 3.01. The lowest BCUT2D eigenvalue weighted by Crippen LogP contribution is -2.34. The minimum Gasteiger partial charge on any atom is -0.355 e. The van der Waals surface area contributed by atoms with E-state index in [1.807, 2.05) is 0 Å². The fraction of sp³-hybridized carbons (Fsp3) is 0.263. The summed E-state index contributed by atoms with van der Waals surface area (Å²) in [5.41, 5.74) is 1.70. The third-order valence-electron chi connectivity index (χ3n) is 4.26. The summed E-state index contributed by atoms with van der Waals surface area (Å²) >= 11 is 5.86. The lowest BCUT2D eigenvalue weighted by atomic mass is 10.1. The molecule has 1 atom stereocenters. The molecule has 0 radical (unpaired) electrons. The fourth-order valence-electron chi connectivity index (χ4n) is 2.88. The van der Waals surface area contributed by atoms with Gasteiger partial charge in [0.25, 0.3) is 0 Å². The summed E-state index contributed by atoms with van der Waals surface area (Å²) < 4.78 is 12.9. The van der Waals surface area contributed by atoms with Crippen LogP contribution in [0.1, 0.15) is 12.0 Å². The van der Waals surface area contributed by atoms with Gasteiger partial charge in [-0.15, -0.1) is 0 Å². The molecule has 1 aliphatic rings. The summed E-state index contributed by atoms with van der Waals surface area (Å²) in [6, 6.07) is 13.2. The Bertz CT molecular complexity index is 762. The number of nitrogens with zero attached hydrogens (tertiary/aromatic N) is 1. The van der Waals surface area contributed by atoms with Crippen molar-refractivity contribution in [3.05, 3.63) is 64.9 Å². The largest absolute Gasteiger partial charge is 0.355 e. The smallest absolute Gasteiger partial charge is 0.227 e. The van der Waals surface area contributed by atoms with Crippen LogP contribution in [-0.2, 0) is 16.0 Å². The van der Waals surface area contributed by atoms with E-state index in [0.717, 1.165) is 11.3 Å². The Morgan fingerprint density at radius 2 is 1.84 bits per heavy atom. The Balaban J connectivity index is 1.52. The van der Waals surface area contributed by atoms with E-state index in [0.29, 0.717) is 24.5 Å². The first-order valence-electron chi connectivity index (χ1n) is 8.11. The van der Waals surface area contributed by atoms with Crippen molar-refractivity contribution in [1.82, 2.24) is 5.32 Å². The molecule has 0 aromatic heterocycles. The van der Waals surface area contributed by atoms with Crippen LogP contribution in [0.15, 0.2) is 48.5 Å². The van der Waals surface area contributed by atoms with Crippen LogP contribution in [0.4, 0.5) is 10.1 Å². The first-order chi connectivity index (χ1) is 12.0. The molecule has 0 saturated carbocycles.